The highest BCUT2D eigenvalue weighted by molar-refractivity contribution is 7.99. The van der Waals surface area contributed by atoms with E-state index < -0.39 is 0 Å². The van der Waals surface area contributed by atoms with E-state index in [0.29, 0.717) is 17.0 Å². The van der Waals surface area contributed by atoms with Crippen LogP contribution in [0.3, 0.4) is 0 Å². The van der Waals surface area contributed by atoms with Crippen molar-refractivity contribution >= 4 is 40.2 Å². The molecule has 0 aliphatic heterocycles. The molecule has 0 saturated carbocycles. The third-order valence-electron chi connectivity index (χ3n) is 3.38. The molecule has 0 amide bonds. The van der Waals surface area contributed by atoms with Crippen LogP contribution in [0, 0.1) is 5.82 Å². The molecule has 0 aliphatic rings. The highest BCUT2D eigenvalue weighted by Crippen LogP contribution is 2.23. The van der Waals surface area contributed by atoms with Gasteiger partial charge in [0.15, 0.2) is 10.9 Å². The average Bonchev–Trinajstić information content (AvgIpc) is 2.94. The van der Waals surface area contributed by atoms with Gasteiger partial charge in [0.25, 0.3) is 0 Å². The minimum atomic E-state index is -0.331. The molecular weight excluding hydrogens is 335 g/mol. The predicted molar refractivity (Wildman–Crippen MR) is 91.8 cm³/mol. The lowest BCUT2D eigenvalue weighted by molar-refractivity contribution is 0.0982. The van der Waals surface area contributed by atoms with Crippen LogP contribution >= 0.6 is 23.4 Å². The Bertz CT molecular complexity index is 832. The molecule has 3 rings (SSSR count). The van der Waals surface area contributed by atoms with Gasteiger partial charge in [-0.25, -0.2) is 9.37 Å². The first-order valence-electron chi connectivity index (χ1n) is 7.19. The molecule has 0 radical (unpaired) electrons. The Morgan fingerprint density at radius 3 is 2.78 bits per heavy atom. The smallest absolute Gasteiger partial charge is 0.166 e. The maximum Gasteiger partial charge on any atom is 0.166 e. The number of hydrogen-bond acceptors (Lipinski definition) is 3. The van der Waals surface area contributed by atoms with Gasteiger partial charge in [-0.1, -0.05) is 23.4 Å². The Hall–Kier alpha value is -1.85. The summed E-state index contributed by atoms with van der Waals surface area (Å²) >= 11 is 7.51. The fourth-order valence-electron chi connectivity index (χ4n) is 2.21. The number of benzene rings is 2. The molecule has 1 aromatic heterocycles. The zero-order valence-corrected chi connectivity index (χ0v) is 13.8. The Morgan fingerprint density at radius 1 is 1.22 bits per heavy atom. The molecule has 0 aliphatic carbocycles. The first-order chi connectivity index (χ1) is 11.1. The average molecular weight is 349 g/mol. The number of hydrogen-bond donors (Lipinski definition) is 1. The van der Waals surface area contributed by atoms with Crippen molar-refractivity contribution in [3.05, 3.63) is 58.9 Å². The van der Waals surface area contributed by atoms with Gasteiger partial charge in [-0.2, -0.15) is 0 Å². The van der Waals surface area contributed by atoms with Crippen molar-refractivity contribution in [1.29, 1.82) is 0 Å². The van der Waals surface area contributed by atoms with Gasteiger partial charge in [-0.3, -0.25) is 4.79 Å². The fourth-order valence-corrected chi connectivity index (χ4v) is 3.21. The predicted octanol–water partition coefficient (Wildman–Crippen LogP) is 5.11. The minimum Gasteiger partial charge on any atom is -0.333 e. The second kappa shape index (κ2) is 7.15. The summed E-state index contributed by atoms with van der Waals surface area (Å²) in [5.74, 6) is 0.476. The summed E-state index contributed by atoms with van der Waals surface area (Å²) in [4.78, 5) is 19.6. The summed E-state index contributed by atoms with van der Waals surface area (Å²) in [6.45, 7) is 0. The van der Waals surface area contributed by atoms with E-state index in [-0.39, 0.29) is 11.6 Å². The highest BCUT2D eigenvalue weighted by atomic mass is 35.5. The second-order valence-electron chi connectivity index (χ2n) is 5.09. The number of aromatic amines is 1. The van der Waals surface area contributed by atoms with Crippen LogP contribution in [0.5, 0.6) is 0 Å². The summed E-state index contributed by atoms with van der Waals surface area (Å²) < 4.78 is 12.8. The molecule has 3 nitrogen and oxygen atoms in total. The van der Waals surface area contributed by atoms with Crippen LogP contribution in [0.2, 0.25) is 5.02 Å². The molecule has 1 N–H and O–H groups in total. The van der Waals surface area contributed by atoms with Gasteiger partial charge >= 0.3 is 0 Å². The Kier molecular flexibility index (Phi) is 4.98. The molecule has 0 saturated heterocycles. The quantitative estimate of drug-likeness (QED) is 0.382. The summed E-state index contributed by atoms with van der Waals surface area (Å²) in [6, 6.07) is 11.2. The van der Waals surface area contributed by atoms with Gasteiger partial charge in [-0.05, 0) is 48.9 Å². The SMILES string of the molecule is O=C(CCCSc1nc2ccc(Cl)cc2[nH]1)c1ccc(F)cc1. The number of nitrogens with one attached hydrogen (secondary N) is 1. The third-order valence-corrected chi connectivity index (χ3v) is 4.57. The number of rotatable bonds is 6. The van der Waals surface area contributed by atoms with E-state index in [0.717, 1.165) is 28.4 Å². The number of imidazole rings is 1. The molecule has 118 valence electrons. The Labute approximate surface area is 142 Å². The van der Waals surface area contributed by atoms with Crippen LogP contribution in [0.15, 0.2) is 47.6 Å². The summed E-state index contributed by atoms with van der Waals surface area (Å²) in [6.07, 6.45) is 1.17. The second-order valence-corrected chi connectivity index (χ2v) is 6.61. The van der Waals surface area contributed by atoms with E-state index in [1.165, 1.54) is 24.3 Å². The van der Waals surface area contributed by atoms with E-state index in [4.69, 9.17) is 11.6 Å². The zero-order valence-electron chi connectivity index (χ0n) is 12.2. The number of nitrogens with zero attached hydrogens (tertiary/aromatic N) is 1. The van der Waals surface area contributed by atoms with Crippen LogP contribution in [-0.4, -0.2) is 21.5 Å². The highest BCUT2D eigenvalue weighted by Gasteiger charge is 2.07. The number of halogens is 2. The van der Waals surface area contributed by atoms with Crippen molar-refractivity contribution in [3.8, 4) is 0 Å². The van der Waals surface area contributed by atoms with Crippen molar-refractivity contribution in [2.75, 3.05) is 5.75 Å². The number of Topliss-reactive ketones (excluding diaryl/α,β-unsaturated/α-hetero) is 1. The van der Waals surface area contributed by atoms with Gasteiger partial charge in [0, 0.05) is 22.8 Å². The normalized spacial score (nSPS) is 11.0. The molecular formula is C17H14ClFN2OS. The van der Waals surface area contributed by atoms with Crippen LogP contribution in [0.1, 0.15) is 23.2 Å². The zero-order chi connectivity index (χ0) is 16.2. The van der Waals surface area contributed by atoms with E-state index in [1.807, 2.05) is 12.1 Å². The number of H-pyrrole nitrogens is 1. The van der Waals surface area contributed by atoms with Gasteiger partial charge in [0.05, 0.1) is 11.0 Å². The van der Waals surface area contributed by atoms with Crippen LogP contribution in [0.4, 0.5) is 4.39 Å². The fraction of sp³-hybridized carbons (Fsp3) is 0.176. The molecule has 3 aromatic rings. The molecule has 1 heterocycles. The van der Waals surface area contributed by atoms with E-state index in [9.17, 15) is 9.18 Å². The van der Waals surface area contributed by atoms with Gasteiger partial charge in [0.1, 0.15) is 5.82 Å². The Morgan fingerprint density at radius 2 is 2.00 bits per heavy atom. The van der Waals surface area contributed by atoms with Crippen molar-refractivity contribution in [3.63, 3.8) is 0 Å². The standard InChI is InChI=1S/C17H14ClFN2OS/c18-12-5-8-14-15(10-12)21-17(20-14)23-9-1-2-16(22)11-3-6-13(19)7-4-11/h3-8,10H,1-2,9H2,(H,20,21). The molecule has 0 spiro atoms. The molecule has 0 atom stereocenters. The first-order valence-corrected chi connectivity index (χ1v) is 8.55. The maximum absolute atomic E-state index is 12.8. The number of ketones is 1. The topological polar surface area (TPSA) is 45.8 Å². The van der Waals surface area contributed by atoms with Crippen molar-refractivity contribution in [2.45, 2.75) is 18.0 Å². The van der Waals surface area contributed by atoms with Crippen molar-refractivity contribution in [1.82, 2.24) is 9.97 Å². The monoisotopic (exact) mass is 348 g/mol. The number of carbonyl (C=O) groups is 1. The van der Waals surface area contributed by atoms with E-state index in [2.05, 4.69) is 9.97 Å². The number of fused-ring (bicyclic) bond motifs is 1. The summed E-state index contributed by atoms with van der Waals surface area (Å²) in [5.41, 5.74) is 2.33. The number of carbonyl (C=O) groups excluding carboxylic acids is 1. The van der Waals surface area contributed by atoms with Crippen molar-refractivity contribution < 1.29 is 9.18 Å². The molecule has 6 heteroatoms. The summed E-state index contributed by atoms with van der Waals surface area (Å²) in [7, 11) is 0. The summed E-state index contributed by atoms with van der Waals surface area (Å²) in [5, 5.41) is 1.49. The van der Waals surface area contributed by atoms with Crippen LogP contribution < -0.4 is 0 Å². The lowest BCUT2D eigenvalue weighted by Crippen LogP contribution is -1.99. The van der Waals surface area contributed by atoms with Gasteiger partial charge < -0.3 is 4.98 Å². The molecule has 2 aromatic carbocycles. The molecule has 0 bridgehead atoms. The molecule has 23 heavy (non-hydrogen) atoms. The van der Waals surface area contributed by atoms with E-state index >= 15 is 0 Å². The van der Waals surface area contributed by atoms with Gasteiger partial charge in [0.2, 0.25) is 0 Å². The lowest BCUT2D eigenvalue weighted by Gasteiger charge is -2.00. The largest absolute Gasteiger partial charge is 0.333 e. The minimum absolute atomic E-state index is 0.0296. The molecule has 0 fully saturated rings. The van der Waals surface area contributed by atoms with Crippen LogP contribution in [0.25, 0.3) is 11.0 Å². The Balaban J connectivity index is 1.50. The lowest BCUT2D eigenvalue weighted by atomic mass is 10.1. The van der Waals surface area contributed by atoms with Crippen molar-refractivity contribution in [2.24, 2.45) is 0 Å². The number of thioether (sulfide) groups is 1. The van der Waals surface area contributed by atoms with Gasteiger partial charge in [-0.15, -0.1) is 0 Å². The maximum atomic E-state index is 12.8. The first kappa shape index (κ1) is 16.0. The van der Waals surface area contributed by atoms with Crippen LogP contribution in [-0.2, 0) is 0 Å². The molecule has 0 unspecified atom stereocenters. The van der Waals surface area contributed by atoms with E-state index in [1.54, 1.807) is 17.8 Å². The third kappa shape index (κ3) is 4.12. The number of aromatic nitrogens is 2.